The van der Waals surface area contributed by atoms with Crippen molar-refractivity contribution in [1.29, 1.82) is 0 Å². The van der Waals surface area contributed by atoms with Crippen LogP contribution in [0.25, 0.3) is 0 Å². The van der Waals surface area contributed by atoms with Crippen LogP contribution in [0.3, 0.4) is 0 Å². The highest BCUT2D eigenvalue weighted by molar-refractivity contribution is 9.10. The minimum Gasteiger partial charge on any atom is -0.444 e. The lowest BCUT2D eigenvalue weighted by Gasteiger charge is -2.37. The molecule has 2 aliphatic rings. The summed E-state index contributed by atoms with van der Waals surface area (Å²) < 4.78 is 12.7. The molecule has 0 spiro atoms. The smallest absolute Gasteiger partial charge is 0.410 e. The van der Waals surface area contributed by atoms with Crippen molar-refractivity contribution in [2.75, 3.05) is 49.1 Å². The molecule has 1 aromatic rings. The molecule has 8 heteroatoms. The highest BCUT2D eigenvalue weighted by atomic mass is 79.9. The molecular formula is C22H35BrN4O3. The molecule has 2 saturated heterocycles. The molecule has 0 aromatic carbocycles. The predicted octanol–water partition coefficient (Wildman–Crippen LogP) is 4.30. The maximum atomic E-state index is 12.4. The van der Waals surface area contributed by atoms with Gasteiger partial charge in [0.15, 0.2) is 5.82 Å². The first kappa shape index (κ1) is 23.1. The molecule has 0 saturated carbocycles. The maximum Gasteiger partial charge on any atom is 0.410 e. The van der Waals surface area contributed by atoms with E-state index in [9.17, 15) is 4.79 Å². The van der Waals surface area contributed by atoms with Gasteiger partial charge in [0.25, 0.3) is 0 Å². The van der Waals surface area contributed by atoms with Crippen molar-refractivity contribution in [2.24, 2.45) is 0 Å². The van der Waals surface area contributed by atoms with E-state index in [0.29, 0.717) is 13.1 Å². The number of halogens is 1. The summed E-state index contributed by atoms with van der Waals surface area (Å²) in [5.41, 5.74) is 0.502. The Hall–Kier alpha value is -1.54. The third-order valence-electron chi connectivity index (χ3n) is 5.05. The first-order valence-corrected chi connectivity index (χ1v) is 11.5. The Bertz CT molecular complexity index is 752. The molecule has 1 atom stereocenters. The molecule has 168 valence electrons. The third-order valence-corrected chi connectivity index (χ3v) is 5.48. The zero-order valence-electron chi connectivity index (χ0n) is 19.1. The molecule has 0 N–H and O–H groups in total. The van der Waals surface area contributed by atoms with E-state index in [1.807, 2.05) is 27.0 Å². The molecule has 0 bridgehead atoms. The Labute approximate surface area is 188 Å². The maximum absolute atomic E-state index is 12.4. The second kappa shape index (κ2) is 8.91. The van der Waals surface area contributed by atoms with Crippen molar-refractivity contribution in [2.45, 2.75) is 65.3 Å². The molecule has 3 heterocycles. The number of ether oxygens (including phenoxy) is 2. The fraction of sp³-hybridized carbons (Fsp3) is 0.727. The van der Waals surface area contributed by atoms with E-state index in [0.717, 1.165) is 48.6 Å². The Balaban J connectivity index is 1.67. The van der Waals surface area contributed by atoms with Gasteiger partial charge in [-0.05, 0) is 70.0 Å². The SMILES string of the molecule is CC(C)(C)OC(=O)N1CCN(c2ncc(Br)cc2N2CC[C@@H](OC(C)(C)C)C2)CC1. The fourth-order valence-corrected chi connectivity index (χ4v) is 4.19. The van der Waals surface area contributed by atoms with Crippen molar-refractivity contribution in [3.05, 3.63) is 16.7 Å². The van der Waals surface area contributed by atoms with E-state index in [4.69, 9.17) is 14.5 Å². The lowest BCUT2D eigenvalue weighted by molar-refractivity contribution is -0.0492. The number of hydrogen-bond acceptors (Lipinski definition) is 6. The number of nitrogens with zero attached hydrogens (tertiary/aromatic N) is 4. The molecule has 7 nitrogen and oxygen atoms in total. The molecule has 2 aliphatic heterocycles. The average Bonchev–Trinajstić information content (AvgIpc) is 3.07. The Kier molecular flexibility index (Phi) is 6.87. The number of piperazine rings is 1. The van der Waals surface area contributed by atoms with Crippen molar-refractivity contribution in [3.8, 4) is 0 Å². The van der Waals surface area contributed by atoms with Crippen LogP contribution >= 0.6 is 15.9 Å². The number of anilines is 2. The van der Waals surface area contributed by atoms with Crippen LogP contribution < -0.4 is 9.80 Å². The number of carbonyl (C=O) groups is 1. The van der Waals surface area contributed by atoms with E-state index in [2.05, 4.69) is 52.6 Å². The molecule has 1 amide bonds. The van der Waals surface area contributed by atoms with Crippen LogP contribution in [-0.2, 0) is 9.47 Å². The lowest BCUT2D eigenvalue weighted by Crippen LogP contribution is -2.50. The average molecular weight is 483 g/mol. The van der Waals surface area contributed by atoms with Crippen molar-refractivity contribution < 1.29 is 14.3 Å². The molecule has 30 heavy (non-hydrogen) atoms. The summed E-state index contributed by atoms with van der Waals surface area (Å²) in [5, 5.41) is 0. The van der Waals surface area contributed by atoms with Gasteiger partial charge in [0.05, 0.1) is 17.4 Å². The molecule has 0 unspecified atom stereocenters. The number of pyridine rings is 1. The van der Waals surface area contributed by atoms with Crippen LogP contribution in [0, 0.1) is 0 Å². The van der Waals surface area contributed by atoms with Crippen LogP contribution in [0.1, 0.15) is 48.0 Å². The Morgan fingerprint density at radius 1 is 1.03 bits per heavy atom. The normalized spacial score (nSPS) is 20.6. The Morgan fingerprint density at radius 2 is 1.70 bits per heavy atom. The zero-order chi connectivity index (χ0) is 22.1. The van der Waals surface area contributed by atoms with E-state index in [-0.39, 0.29) is 17.8 Å². The van der Waals surface area contributed by atoms with Crippen molar-refractivity contribution in [1.82, 2.24) is 9.88 Å². The third kappa shape index (κ3) is 6.23. The van der Waals surface area contributed by atoms with E-state index in [1.54, 1.807) is 4.90 Å². The van der Waals surface area contributed by atoms with Gasteiger partial charge in [-0.25, -0.2) is 9.78 Å². The number of hydrogen-bond donors (Lipinski definition) is 0. The van der Waals surface area contributed by atoms with Gasteiger partial charge in [-0.1, -0.05) is 0 Å². The first-order valence-electron chi connectivity index (χ1n) is 10.7. The summed E-state index contributed by atoms with van der Waals surface area (Å²) >= 11 is 3.58. The summed E-state index contributed by atoms with van der Waals surface area (Å²) in [7, 11) is 0. The molecule has 0 aliphatic carbocycles. The van der Waals surface area contributed by atoms with Crippen LogP contribution in [0.15, 0.2) is 16.7 Å². The van der Waals surface area contributed by atoms with Crippen LogP contribution in [-0.4, -0.2) is 72.6 Å². The standard InChI is InChI=1S/C22H35BrN4O3/c1-21(2,3)29-17-7-8-27(15-17)18-13-16(23)14-24-19(18)25-9-11-26(12-10-25)20(28)30-22(4,5)6/h13-14,17H,7-12,15H2,1-6H3/t17-/m1/s1. The highest BCUT2D eigenvalue weighted by Crippen LogP contribution is 2.34. The summed E-state index contributed by atoms with van der Waals surface area (Å²) in [5.74, 6) is 0.971. The summed E-state index contributed by atoms with van der Waals surface area (Å²) in [4.78, 5) is 23.5. The minimum atomic E-state index is -0.476. The second-order valence-electron chi connectivity index (χ2n) is 10.0. The van der Waals surface area contributed by atoms with Crippen LogP contribution in [0.5, 0.6) is 0 Å². The van der Waals surface area contributed by atoms with Gasteiger partial charge < -0.3 is 24.2 Å². The topological polar surface area (TPSA) is 58.1 Å². The molecule has 0 radical (unpaired) electrons. The van der Waals surface area contributed by atoms with Gasteiger partial charge in [0.1, 0.15) is 5.60 Å². The monoisotopic (exact) mass is 482 g/mol. The molecule has 2 fully saturated rings. The van der Waals surface area contributed by atoms with E-state index < -0.39 is 5.60 Å². The van der Waals surface area contributed by atoms with Gasteiger partial charge in [-0.3, -0.25) is 0 Å². The van der Waals surface area contributed by atoms with Gasteiger partial charge in [0.2, 0.25) is 0 Å². The van der Waals surface area contributed by atoms with Crippen molar-refractivity contribution >= 4 is 33.5 Å². The number of aromatic nitrogens is 1. The van der Waals surface area contributed by atoms with Gasteiger partial charge in [0, 0.05) is 49.9 Å². The molecule has 1 aromatic heterocycles. The number of rotatable bonds is 3. The minimum absolute atomic E-state index is 0.142. The van der Waals surface area contributed by atoms with Gasteiger partial charge in [-0.2, -0.15) is 0 Å². The van der Waals surface area contributed by atoms with Gasteiger partial charge in [-0.15, -0.1) is 0 Å². The number of amides is 1. The summed E-state index contributed by atoms with van der Waals surface area (Å²) in [6.45, 7) is 16.5. The largest absolute Gasteiger partial charge is 0.444 e. The lowest BCUT2D eigenvalue weighted by atomic mass is 10.2. The quantitative estimate of drug-likeness (QED) is 0.639. The second-order valence-corrected chi connectivity index (χ2v) is 11.0. The molecular weight excluding hydrogens is 448 g/mol. The number of carbonyl (C=O) groups excluding carboxylic acids is 1. The summed E-state index contributed by atoms with van der Waals surface area (Å²) in [6.07, 6.45) is 2.84. The fourth-order valence-electron chi connectivity index (χ4n) is 3.87. The zero-order valence-corrected chi connectivity index (χ0v) is 20.7. The molecule has 3 rings (SSSR count). The van der Waals surface area contributed by atoms with Gasteiger partial charge >= 0.3 is 6.09 Å². The summed E-state index contributed by atoms with van der Waals surface area (Å²) in [6, 6.07) is 2.14. The van der Waals surface area contributed by atoms with Crippen LogP contribution in [0.2, 0.25) is 0 Å². The van der Waals surface area contributed by atoms with Crippen molar-refractivity contribution in [3.63, 3.8) is 0 Å². The van der Waals surface area contributed by atoms with E-state index >= 15 is 0 Å². The first-order chi connectivity index (χ1) is 13.9. The predicted molar refractivity (Wildman–Crippen MR) is 123 cm³/mol. The Morgan fingerprint density at radius 3 is 2.30 bits per heavy atom. The highest BCUT2D eigenvalue weighted by Gasteiger charge is 2.31. The van der Waals surface area contributed by atoms with Crippen LogP contribution in [0.4, 0.5) is 16.3 Å². The van der Waals surface area contributed by atoms with E-state index in [1.165, 1.54) is 0 Å².